The van der Waals surface area contributed by atoms with Crippen molar-refractivity contribution in [1.82, 2.24) is 10.6 Å². The predicted molar refractivity (Wildman–Crippen MR) is 75.7 cm³/mol. The van der Waals surface area contributed by atoms with Gasteiger partial charge in [0, 0.05) is 12.5 Å². The van der Waals surface area contributed by atoms with Crippen LogP contribution in [0.15, 0.2) is 0 Å². The molecule has 0 unspecified atom stereocenters. The lowest BCUT2D eigenvalue weighted by atomic mass is 10.0. The quantitative estimate of drug-likeness (QED) is 0.638. The molecule has 1 rings (SSSR count). The van der Waals surface area contributed by atoms with Crippen LogP contribution in [0.3, 0.4) is 0 Å². The Hall–Kier alpha value is -1.79. The molecule has 1 aliphatic carbocycles. The summed E-state index contributed by atoms with van der Waals surface area (Å²) < 4.78 is 4.45. The van der Waals surface area contributed by atoms with Crippen molar-refractivity contribution < 1.29 is 24.2 Å². The number of carboxylic acid groups (broad SMARTS) is 1. The molecule has 2 amide bonds. The van der Waals surface area contributed by atoms with Gasteiger partial charge < -0.3 is 20.5 Å². The van der Waals surface area contributed by atoms with Crippen molar-refractivity contribution in [2.75, 3.05) is 7.11 Å². The normalized spacial score (nSPS) is 20.2. The zero-order valence-electron chi connectivity index (χ0n) is 13.1. The molecule has 0 aliphatic heterocycles. The zero-order chi connectivity index (χ0) is 16.4. The number of nitrogens with one attached hydrogen (secondary N) is 2. The first-order chi connectivity index (χ1) is 9.53. The van der Waals surface area contributed by atoms with Crippen molar-refractivity contribution in [3.8, 4) is 0 Å². The molecule has 0 aromatic heterocycles. The Morgan fingerprint density at radius 3 is 2.10 bits per heavy atom. The number of carbonyl (C=O) groups excluding carboxylic acids is 2. The van der Waals surface area contributed by atoms with Gasteiger partial charge in [0.25, 0.3) is 0 Å². The Labute approximate surface area is 124 Å². The molecule has 0 radical (unpaired) electrons. The van der Waals surface area contributed by atoms with Crippen LogP contribution < -0.4 is 10.6 Å². The molecule has 0 bridgehead atoms. The predicted octanol–water partition coefficient (Wildman–Crippen LogP) is 1.13. The minimum Gasteiger partial charge on any atom is -0.480 e. The summed E-state index contributed by atoms with van der Waals surface area (Å²) in [5.41, 5.74) is -0.0653. The highest BCUT2D eigenvalue weighted by molar-refractivity contribution is 5.83. The first-order valence-corrected chi connectivity index (χ1v) is 6.90. The maximum Gasteiger partial charge on any atom is 0.326 e. The van der Waals surface area contributed by atoms with Crippen LogP contribution in [-0.2, 0) is 14.3 Å². The lowest BCUT2D eigenvalue weighted by molar-refractivity contribution is -0.142. The van der Waals surface area contributed by atoms with Crippen LogP contribution in [0.4, 0.5) is 4.79 Å². The fourth-order valence-electron chi connectivity index (χ4n) is 2.51. The van der Waals surface area contributed by atoms with E-state index in [1.165, 1.54) is 7.11 Å². The van der Waals surface area contributed by atoms with E-state index in [0.717, 1.165) is 0 Å². The van der Waals surface area contributed by atoms with E-state index in [-0.39, 0.29) is 29.7 Å². The highest BCUT2D eigenvalue weighted by atomic mass is 16.5. The van der Waals surface area contributed by atoms with Crippen molar-refractivity contribution in [2.45, 2.75) is 52.6 Å². The van der Waals surface area contributed by atoms with Gasteiger partial charge in [-0.15, -0.1) is 0 Å². The molecule has 7 heteroatoms. The number of aliphatic carboxylic acids is 1. The van der Waals surface area contributed by atoms with Crippen molar-refractivity contribution in [3.63, 3.8) is 0 Å². The number of carbonyl (C=O) groups is 3. The molecule has 1 aliphatic rings. The smallest absolute Gasteiger partial charge is 0.326 e. The van der Waals surface area contributed by atoms with E-state index in [0.29, 0.717) is 0 Å². The van der Waals surface area contributed by atoms with Gasteiger partial charge in [-0.2, -0.15) is 0 Å². The Kier molecular flexibility index (Phi) is 4.86. The molecule has 1 saturated carbocycles. The minimum absolute atomic E-state index is 0.00706. The first-order valence-electron chi connectivity index (χ1n) is 6.90. The Balaban J connectivity index is 2.51. The van der Waals surface area contributed by atoms with Gasteiger partial charge >= 0.3 is 18.0 Å². The maximum atomic E-state index is 11.9. The summed E-state index contributed by atoms with van der Waals surface area (Å²) in [6.45, 7) is 8.18. The highest BCUT2D eigenvalue weighted by Gasteiger charge is 2.65. The summed E-state index contributed by atoms with van der Waals surface area (Å²) in [4.78, 5) is 34.0. The molecule has 21 heavy (non-hydrogen) atoms. The maximum absolute atomic E-state index is 11.9. The molecule has 3 N–H and O–H groups in total. The molecule has 1 fully saturated rings. The summed E-state index contributed by atoms with van der Waals surface area (Å²) in [5.74, 6) is -1.68. The summed E-state index contributed by atoms with van der Waals surface area (Å²) in [5, 5.41) is 14.2. The first kappa shape index (κ1) is 17.3. The van der Waals surface area contributed by atoms with Gasteiger partial charge in [0.05, 0.1) is 7.11 Å². The number of amides is 2. The molecular weight excluding hydrogens is 276 g/mol. The van der Waals surface area contributed by atoms with Gasteiger partial charge in [0.15, 0.2) is 0 Å². The van der Waals surface area contributed by atoms with E-state index in [4.69, 9.17) is 5.11 Å². The zero-order valence-corrected chi connectivity index (χ0v) is 13.1. The van der Waals surface area contributed by atoms with Crippen LogP contribution in [0, 0.1) is 10.8 Å². The third-order valence-corrected chi connectivity index (χ3v) is 4.76. The number of hydrogen-bond donors (Lipinski definition) is 3. The number of urea groups is 1. The molecule has 0 aromatic rings. The molecule has 0 saturated heterocycles. The highest BCUT2D eigenvalue weighted by Crippen LogP contribution is 2.62. The van der Waals surface area contributed by atoms with Crippen LogP contribution in [0.1, 0.15) is 40.5 Å². The topological polar surface area (TPSA) is 105 Å². The van der Waals surface area contributed by atoms with Gasteiger partial charge in [-0.3, -0.25) is 4.79 Å². The summed E-state index contributed by atoms with van der Waals surface area (Å²) >= 11 is 0. The van der Waals surface area contributed by atoms with Gasteiger partial charge in [-0.1, -0.05) is 27.7 Å². The Morgan fingerprint density at radius 1 is 1.19 bits per heavy atom. The summed E-state index contributed by atoms with van der Waals surface area (Å²) in [7, 11) is 1.23. The van der Waals surface area contributed by atoms with E-state index < -0.39 is 24.0 Å². The van der Waals surface area contributed by atoms with Gasteiger partial charge in [0.2, 0.25) is 0 Å². The average Bonchev–Trinajstić information content (AvgIpc) is 2.76. The number of hydrogen-bond acceptors (Lipinski definition) is 4. The number of esters is 1. The number of carboxylic acids is 1. The van der Waals surface area contributed by atoms with Crippen LogP contribution in [-0.4, -0.2) is 42.3 Å². The molecule has 0 aromatic carbocycles. The van der Waals surface area contributed by atoms with Crippen LogP contribution in [0.25, 0.3) is 0 Å². The molecule has 120 valence electrons. The van der Waals surface area contributed by atoms with Crippen molar-refractivity contribution in [1.29, 1.82) is 0 Å². The van der Waals surface area contributed by atoms with Gasteiger partial charge in [-0.05, 0) is 17.3 Å². The number of rotatable bonds is 6. The third-order valence-electron chi connectivity index (χ3n) is 4.76. The van der Waals surface area contributed by atoms with E-state index in [9.17, 15) is 14.4 Å². The molecule has 0 spiro atoms. The van der Waals surface area contributed by atoms with Crippen molar-refractivity contribution in [2.24, 2.45) is 10.8 Å². The molecular formula is C14H24N2O5. The summed E-state index contributed by atoms with van der Waals surface area (Å²) in [6, 6.07) is -1.66. The van der Waals surface area contributed by atoms with Crippen LogP contribution >= 0.6 is 0 Å². The monoisotopic (exact) mass is 300 g/mol. The number of methoxy groups -OCH3 is 1. The van der Waals surface area contributed by atoms with Gasteiger partial charge in [0.1, 0.15) is 6.04 Å². The van der Waals surface area contributed by atoms with Crippen LogP contribution in [0.2, 0.25) is 0 Å². The Morgan fingerprint density at radius 2 is 1.71 bits per heavy atom. The average molecular weight is 300 g/mol. The fraction of sp³-hybridized carbons (Fsp3) is 0.786. The van der Waals surface area contributed by atoms with Crippen molar-refractivity contribution in [3.05, 3.63) is 0 Å². The SMILES string of the molecule is COC(=O)CC[C@H](NC(=O)NC1C(C)(C)C1(C)C)C(=O)O. The molecule has 7 nitrogen and oxygen atoms in total. The largest absolute Gasteiger partial charge is 0.480 e. The lowest BCUT2D eigenvalue weighted by Gasteiger charge is -2.15. The van der Waals surface area contributed by atoms with E-state index in [1.807, 2.05) is 27.7 Å². The third kappa shape index (κ3) is 3.65. The van der Waals surface area contributed by atoms with Crippen LogP contribution in [0.5, 0.6) is 0 Å². The number of ether oxygens (including phenoxy) is 1. The van der Waals surface area contributed by atoms with E-state index >= 15 is 0 Å². The fourth-order valence-corrected chi connectivity index (χ4v) is 2.51. The molecule has 1 atom stereocenters. The summed E-state index contributed by atoms with van der Waals surface area (Å²) in [6.07, 6.45) is -0.0684. The standard InChI is InChI=1S/C14H24N2O5/c1-13(2)11(14(13,3)4)16-12(20)15-8(10(18)19)6-7-9(17)21-5/h8,11H,6-7H2,1-5H3,(H,18,19)(H2,15,16,20)/t8-/m0/s1. The second-order valence-corrected chi connectivity index (χ2v) is 6.50. The van der Waals surface area contributed by atoms with Crippen molar-refractivity contribution >= 4 is 18.0 Å². The van der Waals surface area contributed by atoms with E-state index in [1.54, 1.807) is 0 Å². The van der Waals surface area contributed by atoms with Gasteiger partial charge in [-0.25, -0.2) is 9.59 Å². The Bertz CT molecular complexity index is 431. The lowest BCUT2D eigenvalue weighted by Crippen LogP contribution is -2.47. The molecule has 0 heterocycles. The van der Waals surface area contributed by atoms with E-state index in [2.05, 4.69) is 15.4 Å². The minimum atomic E-state index is -1.18. The second-order valence-electron chi connectivity index (χ2n) is 6.50. The second kappa shape index (κ2) is 5.91.